The summed E-state index contributed by atoms with van der Waals surface area (Å²) in [6.07, 6.45) is 2.72. The third-order valence-electron chi connectivity index (χ3n) is 3.65. The van der Waals surface area contributed by atoms with Crippen LogP contribution in [-0.4, -0.2) is 34.7 Å². The molecule has 0 aliphatic heterocycles. The molecule has 0 amide bonds. The molecule has 2 aromatic heterocycles. The Labute approximate surface area is 140 Å². The van der Waals surface area contributed by atoms with Crippen LogP contribution >= 0.6 is 11.3 Å². The number of aliphatic hydroxyl groups excluding tert-OH is 1. The van der Waals surface area contributed by atoms with Crippen LogP contribution < -0.4 is 0 Å². The van der Waals surface area contributed by atoms with Gasteiger partial charge in [0.15, 0.2) is 5.76 Å². The van der Waals surface area contributed by atoms with Crippen LogP contribution in [0.4, 0.5) is 0 Å². The predicted octanol–water partition coefficient (Wildman–Crippen LogP) is 3.44. The van der Waals surface area contributed by atoms with E-state index in [0.29, 0.717) is 19.0 Å². The van der Waals surface area contributed by atoms with E-state index in [4.69, 9.17) is 4.42 Å². The van der Waals surface area contributed by atoms with E-state index in [2.05, 4.69) is 22.0 Å². The first-order valence-corrected chi connectivity index (χ1v) is 8.59. The number of aliphatic hydroxyl groups is 1. The number of aromatic nitrogens is 1. The van der Waals surface area contributed by atoms with Crippen LogP contribution in [0.25, 0.3) is 10.6 Å². The summed E-state index contributed by atoms with van der Waals surface area (Å²) in [6.45, 7) is 2.22. The molecule has 0 spiro atoms. The van der Waals surface area contributed by atoms with Crippen LogP contribution in [-0.2, 0) is 13.0 Å². The van der Waals surface area contributed by atoms with E-state index < -0.39 is 0 Å². The summed E-state index contributed by atoms with van der Waals surface area (Å²) in [5.41, 5.74) is 1.29. The molecule has 0 unspecified atom stereocenters. The van der Waals surface area contributed by atoms with Crippen LogP contribution in [0.5, 0.6) is 0 Å². The molecule has 4 nitrogen and oxygen atoms in total. The molecule has 0 atom stereocenters. The molecule has 0 aliphatic carbocycles. The van der Waals surface area contributed by atoms with Crippen molar-refractivity contribution in [3.05, 3.63) is 65.5 Å². The summed E-state index contributed by atoms with van der Waals surface area (Å²) < 4.78 is 5.83. The number of oxazole rings is 1. The maximum Gasteiger partial charge on any atom is 0.209 e. The molecular formula is C18H20N2O2S. The maximum absolute atomic E-state index is 9.28. The molecule has 0 bridgehead atoms. The lowest BCUT2D eigenvalue weighted by molar-refractivity contribution is 0.180. The van der Waals surface area contributed by atoms with Crippen molar-refractivity contribution in [2.24, 2.45) is 0 Å². The van der Waals surface area contributed by atoms with E-state index in [0.717, 1.165) is 23.6 Å². The number of hydrogen-bond donors (Lipinski definition) is 1. The van der Waals surface area contributed by atoms with Gasteiger partial charge in [0.1, 0.15) is 0 Å². The van der Waals surface area contributed by atoms with E-state index in [9.17, 15) is 5.11 Å². The molecule has 0 saturated carbocycles. The first kappa shape index (κ1) is 15.9. The van der Waals surface area contributed by atoms with Gasteiger partial charge in [0.2, 0.25) is 5.89 Å². The summed E-state index contributed by atoms with van der Waals surface area (Å²) in [7, 11) is 0. The van der Waals surface area contributed by atoms with E-state index in [-0.39, 0.29) is 6.61 Å². The zero-order valence-corrected chi connectivity index (χ0v) is 13.7. The Morgan fingerprint density at radius 1 is 1.09 bits per heavy atom. The first-order chi connectivity index (χ1) is 11.3. The predicted molar refractivity (Wildman–Crippen MR) is 92.3 cm³/mol. The van der Waals surface area contributed by atoms with Gasteiger partial charge in [-0.15, -0.1) is 11.3 Å². The molecule has 0 radical (unpaired) electrons. The van der Waals surface area contributed by atoms with Crippen molar-refractivity contribution < 1.29 is 9.52 Å². The molecule has 0 saturated heterocycles. The molecule has 0 fully saturated rings. The highest BCUT2D eigenvalue weighted by Crippen LogP contribution is 2.25. The second-order valence-corrected chi connectivity index (χ2v) is 6.28. The molecule has 5 heteroatoms. The number of benzene rings is 1. The zero-order chi connectivity index (χ0) is 15.9. The Kier molecular flexibility index (Phi) is 5.58. The highest BCUT2D eigenvalue weighted by Gasteiger charge is 2.12. The molecule has 3 aromatic rings. The summed E-state index contributed by atoms with van der Waals surface area (Å²) >= 11 is 1.64. The Bertz CT molecular complexity index is 695. The van der Waals surface area contributed by atoms with Crippen LogP contribution in [0, 0.1) is 0 Å². The minimum atomic E-state index is 0.132. The van der Waals surface area contributed by atoms with Gasteiger partial charge >= 0.3 is 0 Å². The fourth-order valence-electron chi connectivity index (χ4n) is 2.45. The van der Waals surface area contributed by atoms with Crippen molar-refractivity contribution in [2.75, 3.05) is 19.7 Å². The fourth-order valence-corrected chi connectivity index (χ4v) is 3.12. The van der Waals surface area contributed by atoms with Crippen LogP contribution in [0.2, 0.25) is 0 Å². The lowest BCUT2D eigenvalue weighted by atomic mass is 10.1. The number of hydrogen-bond acceptors (Lipinski definition) is 5. The van der Waals surface area contributed by atoms with Gasteiger partial charge in [0, 0.05) is 13.1 Å². The third-order valence-corrected chi connectivity index (χ3v) is 4.54. The van der Waals surface area contributed by atoms with Crippen LogP contribution in [0.3, 0.4) is 0 Å². The quantitative estimate of drug-likeness (QED) is 0.688. The van der Waals surface area contributed by atoms with Gasteiger partial charge in [-0.1, -0.05) is 36.4 Å². The average Bonchev–Trinajstić information content (AvgIpc) is 3.25. The SMILES string of the molecule is OCCN(CCc1ccccc1)Cc1ncc(-c2cccs2)o1. The van der Waals surface area contributed by atoms with Crippen LogP contribution in [0.1, 0.15) is 11.5 Å². The van der Waals surface area contributed by atoms with Crippen molar-refractivity contribution in [3.63, 3.8) is 0 Å². The van der Waals surface area contributed by atoms with Crippen LogP contribution in [0.15, 0.2) is 58.5 Å². The normalized spacial score (nSPS) is 11.2. The summed E-state index contributed by atoms with van der Waals surface area (Å²) in [5, 5.41) is 11.3. The molecule has 1 aromatic carbocycles. The lowest BCUT2D eigenvalue weighted by Gasteiger charge is -2.19. The zero-order valence-electron chi connectivity index (χ0n) is 12.9. The Morgan fingerprint density at radius 2 is 1.96 bits per heavy atom. The Hall–Kier alpha value is -1.95. The minimum Gasteiger partial charge on any atom is -0.438 e. The molecule has 2 heterocycles. The van der Waals surface area contributed by atoms with Gasteiger partial charge in [0.05, 0.1) is 24.2 Å². The van der Waals surface area contributed by atoms with Gasteiger partial charge in [0.25, 0.3) is 0 Å². The lowest BCUT2D eigenvalue weighted by Crippen LogP contribution is -2.28. The Morgan fingerprint density at radius 3 is 2.70 bits per heavy atom. The summed E-state index contributed by atoms with van der Waals surface area (Å²) in [5.74, 6) is 1.50. The van der Waals surface area contributed by atoms with Crippen molar-refractivity contribution in [3.8, 4) is 10.6 Å². The molecule has 0 aliphatic rings. The fraction of sp³-hybridized carbons (Fsp3) is 0.278. The van der Waals surface area contributed by atoms with Crippen molar-refractivity contribution in [2.45, 2.75) is 13.0 Å². The van der Waals surface area contributed by atoms with Gasteiger partial charge < -0.3 is 9.52 Å². The third kappa shape index (κ3) is 4.51. The first-order valence-electron chi connectivity index (χ1n) is 7.71. The topological polar surface area (TPSA) is 49.5 Å². The summed E-state index contributed by atoms with van der Waals surface area (Å²) in [4.78, 5) is 7.61. The number of nitrogens with zero attached hydrogens (tertiary/aromatic N) is 2. The molecule has 3 rings (SSSR count). The number of thiophene rings is 1. The van der Waals surface area contributed by atoms with Crippen molar-refractivity contribution in [1.82, 2.24) is 9.88 Å². The van der Waals surface area contributed by atoms with Gasteiger partial charge in [-0.25, -0.2) is 4.98 Å². The maximum atomic E-state index is 9.28. The second kappa shape index (κ2) is 8.06. The standard InChI is InChI=1S/C18H20N2O2S/c21-11-10-20(9-8-15-5-2-1-3-6-15)14-18-19-13-16(22-18)17-7-4-12-23-17/h1-7,12-13,21H,8-11,14H2. The molecular weight excluding hydrogens is 308 g/mol. The van der Waals surface area contributed by atoms with Gasteiger partial charge in [-0.05, 0) is 23.4 Å². The number of rotatable bonds is 8. The van der Waals surface area contributed by atoms with E-state index in [1.54, 1.807) is 17.5 Å². The smallest absolute Gasteiger partial charge is 0.209 e. The van der Waals surface area contributed by atoms with Gasteiger partial charge in [-0.2, -0.15) is 0 Å². The van der Waals surface area contributed by atoms with Gasteiger partial charge in [-0.3, -0.25) is 4.90 Å². The monoisotopic (exact) mass is 328 g/mol. The molecule has 1 N–H and O–H groups in total. The highest BCUT2D eigenvalue weighted by atomic mass is 32.1. The summed E-state index contributed by atoms with van der Waals surface area (Å²) in [6, 6.07) is 14.4. The van der Waals surface area contributed by atoms with E-state index in [1.165, 1.54) is 5.56 Å². The molecule has 120 valence electrons. The van der Waals surface area contributed by atoms with E-state index >= 15 is 0 Å². The minimum absolute atomic E-state index is 0.132. The van der Waals surface area contributed by atoms with Crippen molar-refractivity contribution >= 4 is 11.3 Å². The second-order valence-electron chi connectivity index (χ2n) is 5.33. The Balaban J connectivity index is 1.60. The largest absolute Gasteiger partial charge is 0.438 e. The average molecular weight is 328 g/mol. The highest BCUT2D eigenvalue weighted by molar-refractivity contribution is 7.13. The molecule has 23 heavy (non-hydrogen) atoms. The van der Waals surface area contributed by atoms with Crippen molar-refractivity contribution in [1.29, 1.82) is 0 Å². The van der Waals surface area contributed by atoms with E-state index in [1.807, 2.05) is 35.7 Å².